The van der Waals surface area contributed by atoms with Crippen molar-refractivity contribution < 1.29 is 4.57 Å². The van der Waals surface area contributed by atoms with Crippen molar-refractivity contribution in [1.29, 1.82) is 0 Å². The zero-order valence-electron chi connectivity index (χ0n) is 18.6. The van der Waals surface area contributed by atoms with Gasteiger partial charge >= 0.3 is 0 Å². The Morgan fingerprint density at radius 2 is 1.23 bits per heavy atom. The summed E-state index contributed by atoms with van der Waals surface area (Å²) in [7, 11) is -3.19. The van der Waals surface area contributed by atoms with Gasteiger partial charge in [0.25, 0.3) is 0 Å². The fourth-order valence-corrected chi connectivity index (χ4v) is 9.01. The van der Waals surface area contributed by atoms with E-state index in [2.05, 4.69) is 39.7 Å². The number of para-hydroxylation sites is 3. The van der Waals surface area contributed by atoms with Gasteiger partial charge in [-0.15, -0.1) is 0 Å². The monoisotopic (exact) mass is 467 g/mol. The normalized spacial score (nSPS) is 14.1. The Kier molecular flexibility index (Phi) is 3.63. The summed E-state index contributed by atoms with van der Waals surface area (Å²) in [5.41, 5.74) is 5.90. The maximum absolute atomic E-state index is 15.4. The molecule has 4 aromatic carbocycles. The average molecular weight is 467 g/mol. The molecular weight excluding hydrogens is 449 g/mol. The molecule has 164 valence electrons. The van der Waals surface area contributed by atoms with Gasteiger partial charge in [0.05, 0.1) is 16.6 Å². The van der Waals surface area contributed by atoms with Crippen LogP contribution in [-0.4, -0.2) is 14.4 Å². The third-order valence-corrected chi connectivity index (χ3v) is 10.4. The summed E-state index contributed by atoms with van der Waals surface area (Å²) in [4.78, 5) is 9.73. The van der Waals surface area contributed by atoms with Crippen molar-refractivity contribution in [1.82, 2.24) is 14.4 Å². The highest BCUT2D eigenvalue weighted by atomic mass is 31.2. The van der Waals surface area contributed by atoms with Crippen molar-refractivity contribution in [3.05, 3.63) is 109 Å². The van der Waals surface area contributed by atoms with E-state index in [0.717, 1.165) is 65.4 Å². The molecule has 5 heteroatoms. The number of rotatable bonds is 1. The van der Waals surface area contributed by atoms with E-state index in [-0.39, 0.29) is 0 Å². The molecule has 0 atom stereocenters. The van der Waals surface area contributed by atoms with Gasteiger partial charge in [-0.05, 0) is 29.3 Å². The van der Waals surface area contributed by atoms with Gasteiger partial charge < -0.3 is 4.57 Å². The van der Waals surface area contributed by atoms with E-state index in [1.54, 1.807) is 6.20 Å². The van der Waals surface area contributed by atoms with Crippen molar-refractivity contribution in [3.8, 4) is 11.1 Å². The maximum atomic E-state index is 15.4. The van der Waals surface area contributed by atoms with Gasteiger partial charge in [0.1, 0.15) is 5.65 Å². The first-order chi connectivity index (χ1) is 17.3. The molecule has 0 saturated carbocycles. The first kappa shape index (κ1) is 19.1. The predicted molar refractivity (Wildman–Crippen MR) is 144 cm³/mol. The summed E-state index contributed by atoms with van der Waals surface area (Å²) in [5, 5.41) is 5.44. The summed E-state index contributed by atoms with van der Waals surface area (Å²) in [6.45, 7) is 0. The van der Waals surface area contributed by atoms with E-state index >= 15 is 4.57 Å². The zero-order chi connectivity index (χ0) is 23.1. The lowest BCUT2D eigenvalue weighted by Crippen LogP contribution is -2.22. The number of fused-ring (bicyclic) bond motifs is 11. The van der Waals surface area contributed by atoms with Crippen LogP contribution in [0.3, 0.4) is 0 Å². The quantitative estimate of drug-likeness (QED) is 0.226. The SMILES string of the molecule is O=P1(c2cncc3c4ccccc4n4c5ccccc5nc4c23)c2ccccc2-c2ccccc21. The van der Waals surface area contributed by atoms with Crippen LogP contribution in [-0.2, 0) is 4.57 Å². The highest BCUT2D eigenvalue weighted by Gasteiger charge is 2.41. The van der Waals surface area contributed by atoms with E-state index < -0.39 is 7.14 Å². The van der Waals surface area contributed by atoms with Crippen LogP contribution >= 0.6 is 7.14 Å². The maximum Gasteiger partial charge on any atom is 0.174 e. The Hall–Kier alpha value is -4.27. The molecular formula is C30H18N3OP. The van der Waals surface area contributed by atoms with E-state index in [0.29, 0.717) is 0 Å². The third kappa shape index (κ3) is 2.30. The molecule has 7 aromatic rings. The van der Waals surface area contributed by atoms with Gasteiger partial charge in [0.15, 0.2) is 7.14 Å². The Morgan fingerprint density at radius 1 is 0.600 bits per heavy atom. The smallest absolute Gasteiger partial charge is 0.174 e. The Morgan fingerprint density at radius 3 is 2.00 bits per heavy atom. The Labute approximate surface area is 200 Å². The first-order valence-corrected chi connectivity index (χ1v) is 13.3. The molecule has 0 bridgehead atoms. The average Bonchev–Trinajstić information content (AvgIpc) is 3.44. The molecule has 4 nitrogen and oxygen atoms in total. The highest BCUT2D eigenvalue weighted by molar-refractivity contribution is 7.86. The molecule has 1 aliphatic rings. The zero-order valence-corrected chi connectivity index (χ0v) is 19.5. The summed E-state index contributed by atoms with van der Waals surface area (Å²) in [6.07, 6.45) is 3.69. The lowest BCUT2D eigenvalue weighted by Gasteiger charge is -2.19. The summed E-state index contributed by atoms with van der Waals surface area (Å²) >= 11 is 0. The molecule has 0 fully saturated rings. The van der Waals surface area contributed by atoms with E-state index in [9.17, 15) is 0 Å². The topological polar surface area (TPSA) is 47.3 Å². The molecule has 0 amide bonds. The number of benzene rings is 4. The second-order valence-electron chi connectivity index (χ2n) is 9.00. The van der Waals surface area contributed by atoms with Crippen LogP contribution in [0.4, 0.5) is 0 Å². The van der Waals surface area contributed by atoms with Gasteiger partial charge in [-0.1, -0.05) is 78.9 Å². The van der Waals surface area contributed by atoms with Crippen molar-refractivity contribution in [2.24, 2.45) is 0 Å². The summed E-state index contributed by atoms with van der Waals surface area (Å²) in [5.74, 6) is 0. The van der Waals surface area contributed by atoms with Crippen molar-refractivity contribution in [3.63, 3.8) is 0 Å². The minimum absolute atomic E-state index is 0.749. The number of hydrogen-bond acceptors (Lipinski definition) is 3. The third-order valence-electron chi connectivity index (χ3n) is 7.26. The summed E-state index contributed by atoms with van der Waals surface area (Å²) < 4.78 is 17.6. The van der Waals surface area contributed by atoms with Crippen LogP contribution < -0.4 is 15.9 Å². The van der Waals surface area contributed by atoms with Gasteiger partial charge in [-0.3, -0.25) is 9.38 Å². The minimum atomic E-state index is -3.19. The molecule has 0 unspecified atom stereocenters. The van der Waals surface area contributed by atoms with Crippen LogP contribution in [0.1, 0.15) is 0 Å². The van der Waals surface area contributed by atoms with E-state index in [4.69, 9.17) is 4.98 Å². The molecule has 3 aromatic heterocycles. The van der Waals surface area contributed by atoms with Crippen molar-refractivity contribution in [2.75, 3.05) is 0 Å². The number of imidazole rings is 1. The van der Waals surface area contributed by atoms with Crippen LogP contribution in [0.25, 0.3) is 49.5 Å². The van der Waals surface area contributed by atoms with E-state index in [1.807, 2.05) is 72.9 Å². The highest BCUT2D eigenvalue weighted by Crippen LogP contribution is 2.53. The minimum Gasteiger partial charge on any atom is -0.309 e. The second-order valence-corrected chi connectivity index (χ2v) is 11.7. The first-order valence-electron chi connectivity index (χ1n) is 11.6. The van der Waals surface area contributed by atoms with Crippen LogP contribution in [0.15, 0.2) is 109 Å². The lowest BCUT2D eigenvalue weighted by atomic mass is 10.1. The van der Waals surface area contributed by atoms with E-state index in [1.165, 1.54) is 0 Å². The van der Waals surface area contributed by atoms with Gasteiger partial charge in [-0.2, -0.15) is 0 Å². The molecule has 1 aliphatic heterocycles. The number of pyridine rings is 2. The van der Waals surface area contributed by atoms with Crippen molar-refractivity contribution in [2.45, 2.75) is 0 Å². The molecule has 4 heterocycles. The van der Waals surface area contributed by atoms with Gasteiger partial charge in [0.2, 0.25) is 0 Å². The standard InChI is InChI=1S/C30H18N3OP/c34-35(26-15-7-2-10-20(26)21-11-3-8-16-27(21)35)28-18-31-17-22-19-9-1-5-13-24(19)33-25-14-6-4-12-23(25)32-30(33)29(22)28/h1-18H. The number of aromatic nitrogens is 3. The predicted octanol–water partition coefficient (Wildman–Crippen LogP) is 5.81. The fraction of sp³-hybridized carbons (Fsp3) is 0. The Bertz CT molecular complexity index is 2010. The molecule has 0 spiro atoms. The molecule has 0 saturated heterocycles. The molecule has 35 heavy (non-hydrogen) atoms. The van der Waals surface area contributed by atoms with Gasteiger partial charge in [0, 0.05) is 44.5 Å². The van der Waals surface area contributed by atoms with Crippen LogP contribution in [0, 0.1) is 0 Å². The number of hydrogen-bond donors (Lipinski definition) is 0. The molecule has 0 N–H and O–H groups in total. The molecule has 8 rings (SSSR count). The second kappa shape index (κ2) is 6.65. The summed E-state index contributed by atoms with van der Waals surface area (Å²) in [6, 6.07) is 32.6. The van der Waals surface area contributed by atoms with Crippen LogP contribution in [0.2, 0.25) is 0 Å². The Balaban J connectivity index is 1.64. The largest absolute Gasteiger partial charge is 0.309 e. The van der Waals surface area contributed by atoms with Crippen molar-refractivity contribution >= 4 is 61.4 Å². The van der Waals surface area contributed by atoms with Crippen LogP contribution in [0.5, 0.6) is 0 Å². The molecule has 0 radical (unpaired) electrons. The van der Waals surface area contributed by atoms with Gasteiger partial charge in [-0.25, -0.2) is 4.98 Å². The lowest BCUT2D eigenvalue weighted by molar-refractivity contribution is 0.593. The molecule has 0 aliphatic carbocycles. The number of nitrogens with zero attached hydrogens (tertiary/aromatic N) is 3. The fourth-order valence-electron chi connectivity index (χ4n) is 5.80.